The van der Waals surface area contributed by atoms with E-state index in [-0.39, 0.29) is 22.0 Å². The summed E-state index contributed by atoms with van der Waals surface area (Å²) in [7, 11) is -3.55. The summed E-state index contributed by atoms with van der Waals surface area (Å²) < 4.78 is 26.7. The Hall–Kier alpha value is -2.55. The predicted octanol–water partition coefficient (Wildman–Crippen LogP) is 2.90. The van der Waals surface area contributed by atoms with Gasteiger partial charge in [0.25, 0.3) is 0 Å². The van der Waals surface area contributed by atoms with Crippen LogP contribution in [0.4, 0.5) is 5.69 Å². The number of carbonyl (C=O) groups is 1. The molecule has 0 saturated carbocycles. The number of hydrogen-bond donors (Lipinski definition) is 3. The van der Waals surface area contributed by atoms with E-state index in [0.29, 0.717) is 5.69 Å². The number of amides is 1. The summed E-state index contributed by atoms with van der Waals surface area (Å²) in [5.74, 6) is -0.364. The summed E-state index contributed by atoms with van der Waals surface area (Å²) in [6.45, 7) is 3.50. The zero-order valence-corrected chi connectivity index (χ0v) is 16.6. The molecule has 0 heterocycles. The van der Waals surface area contributed by atoms with Gasteiger partial charge in [-0.15, -0.1) is 0 Å². The lowest BCUT2D eigenvalue weighted by Gasteiger charge is -2.11. The fourth-order valence-corrected chi connectivity index (χ4v) is 3.62. The van der Waals surface area contributed by atoms with E-state index in [1.807, 2.05) is 30.3 Å². The second kappa shape index (κ2) is 9.40. The number of hydrogen-bond acceptors (Lipinski definition) is 4. The third-order valence-electron chi connectivity index (χ3n) is 3.28. The van der Waals surface area contributed by atoms with Crippen molar-refractivity contribution in [1.29, 1.82) is 0 Å². The zero-order valence-electron chi connectivity index (χ0n) is 15.0. The third-order valence-corrected chi connectivity index (χ3v) is 5.16. The number of carbonyl (C=O) groups excluding carboxylic acids is 1. The summed E-state index contributed by atoms with van der Waals surface area (Å²) >= 11 is 5.10. The highest BCUT2D eigenvalue weighted by Crippen LogP contribution is 2.14. The number of sulfonamides is 1. The third kappa shape index (κ3) is 6.93. The van der Waals surface area contributed by atoms with Crippen molar-refractivity contribution in [2.24, 2.45) is 0 Å². The second-order valence-corrected chi connectivity index (χ2v) is 8.11. The normalized spacial score (nSPS) is 11.5. The minimum Gasteiger partial charge on any atom is -0.332 e. The molecule has 27 heavy (non-hydrogen) atoms. The number of anilines is 1. The highest BCUT2D eigenvalue weighted by Gasteiger charge is 2.15. The van der Waals surface area contributed by atoms with Crippen LogP contribution in [-0.4, -0.2) is 25.5 Å². The van der Waals surface area contributed by atoms with Gasteiger partial charge >= 0.3 is 0 Å². The van der Waals surface area contributed by atoms with Crippen LogP contribution in [0.5, 0.6) is 0 Å². The molecule has 2 rings (SSSR count). The Bertz CT molecular complexity index is 922. The van der Waals surface area contributed by atoms with Gasteiger partial charge in [0, 0.05) is 17.8 Å². The van der Waals surface area contributed by atoms with Crippen LogP contribution in [0.15, 0.2) is 65.6 Å². The van der Waals surface area contributed by atoms with Crippen molar-refractivity contribution in [3.8, 4) is 0 Å². The van der Waals surface area contributed by atoms with Crippen LogP contribution in [0.1, 0.15) is 19.4 Å². The summed E-state index contributed by atoms with van der Waals surface area (Å²) in [6, 6.07) is 15.3. The van der Waals surface area contributed by atoms with Gasteiger partial charge in [0.05, 0.1) is 4.90 Å². The van der Waals surface area contributed by atoms with E-state index in [1.165, 1.54) is 18.2 Å². The lowest BCUT2D eigenvalue weighted by atomic mass is 10.2. The van der Waals surface area contributed by atoms with Crippen molar-refractivity contribution < 1.29 is 13.2 Å². The van der Waals surface area contributed by atoms with Crippen molar-refractivity contribution in [2.45, 2.75) is 24.8 Å². The van der Waals surface area contributed by atoms with Crippen molar-refractivity contribution >= 4 is 45.0 Å². The monoisotopic (exact) mass is 403 g/mol. The Morgan fingerprint density at radius 3 is 2.26 bits per heavy atom. The number of benzene rings is 2. The lowest BCUT2D eigenvalue weighted by molar-refractivity contribution is -0.115. The molecule has 0 aliphatic rings. The molecular weight excluding hydrogens is 382 g/mol. The first-order valence-corrected chi connectivity index (χ1v) is 10.1. The van der Waals surface area contributed by atoms with Gasteiger partial charge in [-0.1, -0.05) is 30.3 Å². The quantitative estimate of drug-likeness (QED) is 0.510. The Balaban J connectivity index is 1.92. The molecule has 2 aromatic carbocycles. The van der Waals surface area contributed by atoms with Crippen molar-refractivity contribution in [3.63, 3.8) is 0 Å². The summed E-state index contributed by atoms with van der Waals surface area (Å²) in [6.07, 6.45) is 3.07. The van der Waals surface area contributed by atoms with Crippen LogP contribution in [0.25, 0.3) is 6.08 Å². The van der Waals surface area contributed by atoms with E-state index >= 15 is 0 Å². The molecule has 8 heteroatoms. The summed E-state index contributed by atoms with van der Waals surface area (Å²) in [5.41, 5.74) is 1.47. The largest absolute Gasteiger partial charge is 0.332 e. The second-order valence-electron chi connectivity index (χ2n) is 5.99. The van der Waals surface area contributed by atoms with Crippen molar-refractivity contribution in [2.75, 3.05) is 5.32 Å². The van der Waals surface area contributed by atoms with E-state index in [9.17, 15) is 13.2 Å². The Kier molecular flexibility index (Phi) is 7.23. The van der Waals surface area contributed by atoms with Crippen LogP contribution in [0, 0.1) is 0 Å². The summed E-state index contributed by atoms with van der Waals surface area (Å²) in [5, 5.41) is 5.49. The van der Waals surface area contributed by atoms with Crippen molar-refractivity contribution in [3.05, 3.63) is 66.2 Å². The minimum absolute atomic E-state index is 0.119. The van der Waals surface area contributed by atoms with Crippen LogP contribution in [0.3, 0.4) is 0 Å². The molecule has 0 aliphatic heterocycles. The molecule has 142 valence electrons. The molecular formula is C19H21N3O3S2. The maximum Gasteiger partial charge on any atom is 0.250 e. The van der Waals surface area contributed by atoms with Gasteiger partial charge < -0.3 is 5.32 Å². The van der Waals surface area contributed by atoms with E-state index in [2.05, 4.69) is 15.4 Å². The highest BCUT2D eigenvalue weighted by molar-refractivity contribution is 7.89. The fraction of sp³-hybridized carbons (Fsp3) is 0.158. The van der Waals surface area contributed by atoms with E-state index in [1.54, 1.807) is 32.1 Å². The Labute approximate surface area is 164 Å². The van der Waals surface area contributed by atoms with Gasteiger partial charge in [-0.25, -0.2) is 13.1 Å². The average Bonchev–Trinajstić information content (AvgIpc) is 2.60. The Morgan fingerprint density at radius 2 is 1.67 bits per heavy atom. The predicted molar refractivity (Wildman–Crippen MR) is 112 cm³/mol. The Morgan fingerprint density at radius 1 is 1.04 bits per heavy atom. The van der Waals surface area contributed by atoms with Gasteiger partial charge in [0.2, 0.25) is 15.9 Å². The fourth-order valence-electron chi connectivity index (χ4n) is 2.15. The van der Waals surface area contributed by atoms with Gasteiger partial charge in [-0.05, 0) is 62.0 Å². The molecule has 0 aliphatic carbocycles. The molecule has 0 unspecified atom stereocenters. The molecule has 0 bridgehead atoms. The molecule has 1 amide bonds. The molecule has 2 aromatic rings. The zero-order chi connectivity index (χ0) is 19.9. The van der Waals surface area contributed by atoms with Crippen LogP contribution >= 0.6 is 12.2 Å². The smallest absolute Gasteiger partial charge is 0.250 e. The molecule has 0 spiro atoms. The maximum atomic E-state index is 12.1. The molecule has 0 radical (unpaired) electrons. The number of thiocarbonyl (C=S) groups is 1. The first-order valence-electron chi connectivity index (χ1n) is 8.24. The van der Waals surface area contributed by atoms with Crippen molar-refractivity contribution in [1.82, 2.24) is 10.0 Å². The topological polar surface area (TPSA) is 87.3 Å². The molecule has 0 saturated heterocycles. The average molecular weight is 404 g/mol. The van der Waals surface area contributed by atoms with E-state index < -0.39 is 10.0 Å². The highest BCUT2D eigenvalue weighted by atomic mass is 32.2. The van der Waals surface area contributed by atoms with Gasteiger partial charge in [0.15, 0.2) is 5.11 Å². The van der Waals surface area contributed by atoms with E-state index in [0.717, 1.165) is 5.56 Å². The molecule has 0 aromatic heterocycles. The van der Waals surface area contributed by atoms with Gasteiger partial charge in [-0.3, -0.25) is 10.1 Å². The number of nitrogens with one attached hydrogen (secondary N) is 3. The van der Waals surface area contributed by atoms with Gasteiger partial charge in [0.1, 0.15) is 0 Å². The number of rotatable bonds is 6. The maximum absolute atomic E-state index is 12.1. The molecule has 6 nitrogen and oxygen atoms in total. The van der Waals surface area contributed by atoms with Gasteiger partial charge in [-0.2, -0.15) is 0 Å². The molecule has 0 atom stereocenters. The van der Waals surface area contributed by atoms with Crippen LogP contribution < -0.4 is 15.4 Å². The van der Waals surface area contributed by atoms with Crippen LogP contribution in [-0.2, 0) is 14.8 Å². The molecule has 0 fully saturated rings. The SMILES string of the molecule is CC(C)NS(=O)(=O)c1ccc(NC(=S)NC(=O)/C=C/c2ccccc2)cc1. The first-order chi connectivity index (χ1) is 12.8. The molecule has 3 N–H and O–H groups in total. The van der Waals surface area contributed by atoms with Crippen LogP contribution in [0.2, 0.25) is 0 Å². The van der Waals surface area contributed by atoms with E-state index in [4.69, 9.17) is 12.2 Å². The minimum atomic E-state index is -3.55. The summed E-state index contributed by atoms with van der Waals surface area (Å²) in [4.78, 5) is 12.0. The first kappa shape index (κ1) is 20.8. The standard InChI is InChI=1S/C19H21N3O3S2/c1-14(2)22-27(24,25)17-11-9-16(10-12-17)20-19(26)21-18(23)13-8-15-6-4-3-5-7-15/h3-14,22H,1-2H3,(H2,20,21,23,26)/b13-8+. The lowest BCUT2D eigenvalue weighted by Crippen LogP contribution is -2.33.